The number of rotatable bonds is 4. The fourth-order valence-corrected chi connectivity index (χ4v) is 1.03. The molecular weight excluding hydrogens is 186 g/mol. The molecule has 3 N–H and O–H groups in total. The number of aliphatic hydroxyl groups excluding tert-OH is 1. The van der Waals surface area contributed by atoms with Gasteiger partial charge in [0.2, 0.25) is 0 Å². The molecule has 0 aromatic heterocycles. The maximum atomic E-state index is 8.53. The molecule has 0 atom stereocenters. The molecule has 0 heterocycles. The number of nitrogens with two attached hydrogens (primary N) is 1. The average molecular weight is 197 g/mol. The zero-order valence-electron chi connectivity index (χ0n) is 7.06. The SMILES string of the molecule is NC(=S)c1cccc(OCCO)c1. The maximum Gasteiger partial charge on any atom is 0.120 e. The summed E-state index contributed by atoms with van der Waals surface area (Å²) >= 11 is 4.81. The number of hydrogen-bond donors (Lipinski definition) is 2. The highest BCUT2D eigenvalue weighted by Crippen LogP contribution is 2.12. The highest BCUT2D eigenvalue weighted by Gasteiger charge is 1.98. The molecule has 3 nitrogen and oxygen atoms in total. The zero-order chi connectivity index (χ0) is 9.68. The Kier molecular flexibility index (Phi) is 3.67. The van der Waals surface area contributed by atoms with E-state index in [0.29, 0.717) is 10.7 Å². The Balaban J connectivity index is 2.73. The van der Waals surface area contributed by atoms with Gasteiger partial charge in [-0.1, -0.05) is 24.4 Å². The van der Waals surface area contributed by atoms with Crippen LogP contribution in [-0.4, -0.2) is 23.3 Å². The molecule has 0 bridgehead atoms. The van der Waals surface area contributed by atoms with Crippen molar-refractivity contribution in [3.8, 4) is 5.75 Å². The van der Waals surface area contributed by atoms with Gasteiger partial charge in [-0.25, -0.2) is 0 Å². The summed E-state index contributed by atoms with van der Waals surface area (Å²) in [4.78, 5) is 0.342. The van der Waals surface area contributed by atoms with E-state index < -0.39 is 0 Å². The van der Waals surface area contributed by atoms with Gasteiger partial charge < -0.3 is 15.6 Å². The molecule has 0 aliphatic rings. The second kappa shape index (κ2) is 4.79. The van der Waals surface area contributed by atoms with E-state index in [1.54, 1.807) is 18.2 Å². The summed E-state index contributed by atoms with van der Waals surface area (Å²) in [5, 5.41) is 8.53. The van der Waals surface area contributed by atoms with Gasteiger partial charge in [-0.05, 0) is 12.1 Å². The van der Waals surface area contributed by atoms with Gasteiger partial charge in [0.05, 0.1) is 6.61 Å². The first kappa shape index (κ1) is 9.95. The Labute approximate surface area is 82.1 Å². The first-order valence-corrected chi connectivity index (χ1v) is 4.28. The standard InChI is InChI=1S/C9H11NO2S/c10-9(13)7-2-1-3-8(6-7)12-5-4-11/h1-3,6,11H,4-5H2,(H2,10,13). The van der Waals surface area contributed by atoms with E-state index in [9.17, 15) is 0 Å². The summed E-state index contributed by atoms with van der Waals surface area (Å²) in [5.74, 6) is 0.666. The van der Waals surface area contributed by atoms with Crippen molar-refractivity contribution in [3.05, 3.63) is 29.8 Å². The Morgan fingerprint density at radius 3 is 2.92 bits per heavy atom. The van der Waals surface area contributed by atoms with Crippen molar-refractivity contribution >= 4 is 17.2 Å². The van der Waals surface area contributed by atoms with Crippen LogP contribution in [0.2, 0.25) is 0 Å². The van der Waals surface area contributed by atoms with Gasteiger partial charge in [0, 0.05) is 5.56 Å². The molecule has 13 heavy (non-hydrogen) atoms. The number of benzene rings is 1. The van der Waals surface area contributed by atoms with E-state index in [4.69, 9.17) is 27.8 Å². The summed E-state index contributed by atoms with van der Waals surface area (Å²) < 4.78 is 5.18. The molecule has 1 aromatic rings. The van der Waals surface area contributed by atoms with Crippen molar-refractivity contribution in [2.75, 3.05) is 13.2 Å². The van der Waals surface area contributed by atoms with Crippen LogP contribution in [0.4, 0.5) is 0 Å². The molecular formula is C9H11NO2S. The molecule has 4 heteroatoms. The van der Waals surface area contributed by atoms with Gasteiger partial charge in [-0.2, -0.15) is 0 Å². The maximum absolute atomic E-state index is 8.53. The molecule has 0 amide bonds. The van der Waals surface area contributed by atoms with Crippen LogP contribution in [0.3, 0.4) is 0 Å². The minimum atomic E-state index is -0.00268. The summed E-state index contributed by atoms with van der Waals surface area (Å²) in [6.45, 7) is 0.276. The quantitative estimate of drug-likeness (QED) is 0.697. The normalized spacial score (nSPS) is 9.62. The number of ether oxygens (including phenoxy) is 1. The molecule has 0 aliphatic heterocycles. The summed E-state index contributed by atoms with van der Waals surface area (Å²) in [5.41, 5.74) is 6.21. The second-order valence-electron chi connectivity index (χ2n) is 2.46. The molecule has 70 valence electrons. The van der Waals surface area contributed by atoms with Crippen molar-refractivity contribution in [1.29, 1.82) is 0 Å². The Morgan fingerprint density at radius 2 is 2.31 bits per heavy atom. The van der Waals surface area contributed by atoms with Gasteiger partial charge in [-0.3, -0.25) is 0 Å². The second-order valence-corrected chi connectivity index (χ2v) is 2.90. The van der Waals surface area contributed by atoms with Gasteiger partial charge in [-0.15, -0.1) is 0 Å². The highest BCUT2D eigenvalue weighted by molar-refractivity contribution is 7.80. The van der Waals surface area contributed by atoms with Crippen molar-refractivity contribution in [2.45, 2.75) is 0 Å². The van der Waals surface area contributed by atoms with Crippen LogP contribution in [0, 0.1) is 0 Å². The topological polar surface area (TPSA) is 55.5 Å². The molecule has 0 saturated carbocycles. The van der Waals surface area contributed by atoms with Gasteiger partial charge in [0.15, 0.2) is 0 Å². The lowest BCUT2D eigenvalue weighted by Gasteiger charge is -2.05. The Morgan fingerprint density at radius 1 is 1.54 bits per heavy atom. The van der Waals surface area contributed by atoms with Crippen LogP contribution >= 0.6 is 12.2 Å². The van der Waals surface area contributed by atoms with E-state index in [-0.39, 0.29) is 13.2 Å². The summed E-state index contributed by atoms with van der Waals surface area (Å²) in [6, 6.07) is 7.16. The van der Waals surface area contributed by atoms with Crippen molar-refractivity contribution in [2.24, 2.45) is 5.73 Å². The Bertz CT molecular complexity index is 301. The fraction of sp³-hybridized carbons (Fsp3) is 0.222. The van der Waals surface area contributed by atoms with E-state index in [1.165, 1.54) is 0 Å². The molecule has 1 rings (SSSR count). The molecule has 0 radical (unpaired) electrons. The number of thiocarbonyl (C=S) groups is 1. The van der Waals surface area contributed by atoms with Crippen molar-refractivity contribution in [1.82, 2.24) is 0 Å². The van der Waals surface area contributed by atoms with Gasteiger partial charge in [0.1, 0.15) is 17.3 Å². The van der Waals surface area contributed by atoms with E-state index >= 15 is 0 Å². The number of hydrogen-bond acceptors (Lipinski definition) is 3. The fourth-order valence-electron chi connectivity index (χ4n) is 0.903. The van der Waals surface area contributed by atoms with E-state index in [2.05, 4.69) is 0 Å². The minimum absolute atomic E-state index is 0.00268. The number of aliphatic hydroxyl groups is 1. The van der Waals surface area contributed by atoms with Gasteiger partial charge in [0.25, 0.3) is 0 Å². The van der Waals surface area contributed by atoms with Crippen LogP contribution in [-0.2, 0) is 0 Å². The third-order valence-corrected chi connectivity index (χ3v) is 1.71. The molecule has 0 spiro atoms. The van der Waals surface area contributed by atoms with Crippen LogP contribution in [0.5, 0.6) is 5.75 Å². The largest absolute Gasteiger partial charge is 0.491 e. The lowest BCUT2D eigenvalue weighted by atomic mass is 10.2. The molecule has 0 fully saturated rings. The predicted octanol–water partition coefficient (Wildman–Crippen LogP) is 0.692. The average Bonchev–Trinajstić information content (AvgIpc) is 2.15. The van der Waals surface area contributed by atoms with E-state index in [1.807, 2.05) is 6.07 Å². The van der Waals surface area contributed by atoms with Crippen LogP contribution < -0.4 is 10.5 Å². The first-order valence-electron chi connectivity index (χ1n) is 3.87. The molecule has 1 aromatic carbocycles. The smallest absolute Gasteiger partial charge is 0.120 e. The Hall–Kier alpha value is -1.13. The van der Waals surface area contributed by atoms with Gasteiger partial charge >= 0.3 is 0 Å². The van der Waals surface area contributed by atoms with E-state index in [0.717, 1.165) is 5.56 Å². The van der Waals surface area contributed by atoms with Crippen LogP contribution in [0.25, 0.3) is 0 Å². The highest BCUT2D eigenvalue weighted by atomic mass is 32.1. The van der Waals surface area contributed by atoms with Crippen LogP contribution in [0.1, 0.15) is 5.56 Å². The first-order chi connectivity index (χ1) is 6.24. The van der Waals surface area contributed by atoms with Crippen molar-refractivity contribution in [3.63, 3.8) is 0 Å². The lowest BCUT2D eigenvalue weighted by molar-refractivity contribution is 0.201. The third-order valence-electron chi connectivity index (χ3n) is 1.48. The summed E-state index contributed by atoms with van der Waals surface area (Å²) in [7, 11) is 0. The third kappa shape index (κ3) is 3.01. The predicted molar refractivity (Wildman–Crippen MR) is 54.9 cm³/mol. The lowest BCUT2D eigenvalue weighted by Crippen LogP contribution is -2.09. The summed E-state index contributed by atoms with van der Waals surface area (Å²) in [6.07, 6.45) is 0. The minimum Gasteiger partial charge on any atom is -0.491 e. The van der Waals surface area contributed by atoms with Crippen molar-refractivity contribution < 1.29 is 9.84 Å². The monoisotopic (exact) mass is 197 g/mol. The zero-order valence-corrected chi connectivity index (χ0v) is 7.88. The van der Waals surface area contributed by atoms with Crippen LogP contribution in [0.15, 0.2) is 24.3 Å². The molecule has 0 aliphatic carbocycles. The molecule has 0 saturated heterocycles. The molecule has 0 unspecified atom stereocenters.